The van der Waals surface area contributed by atoms with Crippen LogP contribution in [0.3, 0.4) is 0 Å². The standard InChI is InChI=1S/C16H22N4O2/c1-10-6-5-7-11(2)20(10)15(21)9-19-16(22)14(8-17)12(3)13(4)18-19/h10-11H,5-7,9H2,1-4H3/t10-,11+. The Morgan fingerprint density at radius 1 is 1.32 bits per heavy atom. The van der Waals surface area contributed by atoms with Crippen LogP contribution in [-0.4, -0.2) is 32.7 Å². The van der Waals surface area contributed by atoms with Gasteiger partial charge in [0.25, 0.3) is 5.56 Å². The number of amides is 1. The highest BCUT2D eigenvalue weighted by atomic mass is 16.2. The summed E-state index contributed by atoms with van der Waals surface area (Å²) in [6, 6.07) is 2.27. The monoisotopic (exact) mass is 302 g/mol. The molecule has 1 aliphatic heterocycles. The van der Waals surface area contributed by atoms with Crippen molar-refractivity contribution < 1.29 is 4.79 Å². The van der Waals surface area contributed by atoms with Gasteiger partial charge in [0, 0.05) is 12.1 Å². The number of hydrogen-bond acceptors (Lipinski definition) is 4. The molecule has 0 spiro atoms. The van der Waals surface area contributed by atoms with Gasteiger partial charge in [-0.15, -0.1) is 0 Å². The molecule has 22 heavy (non-hydrogen) atoms. The Kier molecular flexibility index (Phi) is 4.65. The molecule has 1 aliphatic rings. The Hall–Kier alpha value is -2.16. The minimum absolute atomic E-state index is 0.0695. The first-order valence-corrected chi connectivity index (χ1v) is 7.66. The number of rotatable bonds is 2. The van der Waals surface area contributed by atoms with E-state index < -0.39 is 5.56 Å². The van der Waals surface area contributed by atoms with E-state index in [1.807, 2.05) is 24.8 Å². The molecule has 6 nitrogen and oxygen atoms in total. The third-order valence-corrected chi connectivity index (χ3v) is 4.52. The lowest BCUT2D eigenvalue weighted by molar-refractivity contribution is -0.138. The molecule has 118 valence electrons. The molecule has 0 aliphatic carbocycles. The topological polar surface area (TPSA) is 79.0 Å². The van der Waals surface area contributed by atoms with Crippen LogP contribution in [0.1, 0.15) is 49.9 Å². The first-order chi connectivity index (χ1) is 10.4. The number of likely N-dealkylation sites (tertiary alicyclic amines) is 1. The highest BCUT2D eigenvalue weighted by molar-refractivity contribution is 5.76. The van der Waals surface area contributed by atoms with Crippen LogP contribution in [-0.2, 0) is 11.3 Å². The number of aryl methyl sites for hydroxylation is 1. The van der Waals surface area contributed by atoms with Gasteiger partial charge in [-0.2, -0.15) is 10.4 Å². The normalized spacial score (nSPS) is 21.5. The predicted molar refractivity (Wildman–Crippen MR) is 82.3 cm³/mol. The average molecular weight is 302 g/mol. The van der Waals surface area contributed by atoms with Crippen molar-refractivity contribution in [3.05, 3.63) is 27.2 Å². The third-order valence-electron chi connectivity index (χ3n) is 4.52. The molecule has 2 heterocycles. The molecule has 0 N–H and O–H groups in total. The van der Waals surface area contributed by atoms with Gasteiger partial charge >= 0.3 is 0 Å². The molecule has 1 fully saturated rings. The Morgan fingerprint density at radius 2 is 1.91 bits per heavy atom. The third kappa shape index (κ3) is 2.89. The molecular formula is C16H22N4O2. The van der Waals surface area contributed by atoms with Crippen LogP contribution < -0.4 is 5.56 Å². The maximum absolute atomic E-state index is 12.6. The van der Waals surface area contributed by atoms with E-state index in [9.17, 15) is 9.59 Å². The first-order valence-electron chi connectivity index (χ1n) is 7.66. The highest BCUT2D eigenvalue weighted by Gasteiger charge is 2.29. The van der Waals surface area contributed by atoms with Gasteiger partial charge in [-0.1, -0.05) is 0 Å². The fourth-order valence-corrected chi connectivity index (χ4v) is 3.13. The largest absolute Gasteiger partial charge is 0.336 e. The Labute approximate surface area is 130 Å². The molecule has 0 bridgehead atoms. The Bertz CT molecular complexity index is 677. The fraction of sp³-hybridized carbons (Fsp3) is 0.625. The van der Waals surface area contributed by atoms with Crippen molar-refractivity contribution in [3.8, 4) is 6.07 Å². The second-order valence-corrected chi connectivity index (χ2v) is 6.09. The number of aromatic nitrogens is 2. The van der Waals surface area contributed by atoms with Crippen molar-refractivity contribution in [3.63, 3.8) is 0 Å². The molecule has 0 unspecified atom stereocenters. The quantitative estimate of drug-likeness (QED) is 0.829. The SMILES string of the molecule is Cc1nn(CC(=O)N2[C@H](C)CCC[C@@H]2C)c(=O)c(C#N)c1C. The number of hydrogen-bond donors (Lipinski definition) is 0. The Morgan fingerprint density at radius 3 is 2.45 bits per heavy atom. The number of piperidine rings is 1. The van der Waals surface area contributed by atoms with Crippen molar-refractivity contribution >= 4 is 5.91 Å². The molecule has 1 saturated heterocycles. The average Bonchev–Trinajstić information content (AvgIpc) is 2.45. The van der Waals surface area contributed by atoms with Gasteiger partial charge in [0.05, 0.1) is 5.69 Å². The van der Waals surface area contributed by atoms with Gasteiger partial charge in [-0.05, 0) is 52.5 Å². The van der Waals surface area contributed by atoms with Crippen LogP contribution in [0.5, 0.6) is 0 Å². The summed E-state index contributed by atoms with van der Waals surface area (Å²) in [6.07, 6.45) is 3.08. The maximum atomic E-state index is 12.6. The molecular weight excluding hydrogens is 280 g/mol. The van der Waals surface area contributed by atoms with Crippen LogP contribution in [0, 0.1) is 25.2 Å². The number of carbonyl (C=O) groups is 1. The highest BCUT2D eigenvalue weighted by Crippen LogP contribution is 2.22. The number of nitrogens with zero attached hydrogens (tertiary/aromatic N) is 4. The zero-order chi connectivity index (χ0) is 16.4. The second-order valence-electron chi connectivity index (χ2n) is 6.09. The number of nitriles is 1. The summed E-state index contributed by atoms with van der Waals surface area (Å²) in [5.41, 5.74) is 0.760. The zero-order valence-electron chi connectivity index (χ0n) is 13.6. The van der Waals surface area contributed by atoms with E-state index in [2.05, 4.69) is 5.10 Å². The summed E-state index contributed by atoms with van der Waals surface area (Å²) in [7, 11) is 0. The predicted octanol–water partition coefficient (Wildman–Crippen LogP) is 1.52. The molecule has 0 saturated carbocycles. The molecule has 1 aromatic rings. The minimum atomic E-state index is -0.490. The lowest BCUT2D eigenvalue weighted by Crippen LogP contribution is -2.49. The Balaban J connectivity index is 2.31. The van der Waals surface area contributed by atoms with E-state index in [0.29, 0.717) is 11.3 Å². The van der Waals surface area contributed by atoms with Gasteiger partial charge < -0.3 is 4.90 Å². The summed E-state index contributed by atoms with van der Waals surface area (Å²) >= 11 is 0. The summed E-state index contributed by atoms with van der Waals surface area (Å²) < 4.78 is 1.12. The van der Waals surface area contributed by atoms with Crippen LogP contribution >= 0.6 is 0 Å². The van der Waals surface area contributed by atoms with E-state index in [0.717, 1.165) is 23.9 Å². The van der Waals surface area contributed by atoms with E-state index in [4.69, 9.17) is 5.26 Å². The molecule has 6 heteroatoms. The molecule has 0 radical (unpaired) electrons. The molecule has 1 aromatic heterocycles. The van der Waals surface area contributed by atoms with E-state index in [-0.39, 0.29) is 30.1 Å². The lowest BCUT2D eigenvalue weighted by atomic mass is 9.97. The van der Waals surface area contributed by atoms with Gasteiger partial charge in [0.1, 0.15) is 18.2 Å². The first kappa shape index (κ1) is 16.2. The van der Waals surface area contributed by atoms with E-state index in [1.165, 1.54) is 0 Å². The molecule has 2 rings (SSSR count). The van der Waals surface area contributed by atoms with E-state index >= 15 is 0 Å². The minimum Gasteiger partial charge on any atom is -0.336 e. The zero-order valence-corrected chi connectivity index (χ0v) is 13.6. The van der Waals surface area contributed by atoms with Crippen LogP contribution in [0.25, 0.3) is 0 Å². The van der Waals surface area contributed by atoms with Gasteiger partial charge in [-0.3, -0.25) is 9.59 Å². The van der Waals surface area contributed by atoms with Gasteiger partial charge in [-0.25, -0.2) is 4.68 Å². The smallest absolute Gasteiger partial charge is 0.285 e. The molecule has 1 amide bonds. The van der Waals surface area contributed by atoms with Gasteiger partial charge in [0.15, 0.2) is 0 Å². The van der Waals surface area contributed by atoms with Crippen molar-refractivity contribution in [1.82, 2.24) is 14.7 Å². The number of carbonyl (C=O) groups excluding carboxylic acids is 1. The molecule has 2 atom stereocenters. The van der Waals surface area contributed by atoms with Crippen LogP contribution in [0.4, 0.5) is 0 Å². The lowest BCUT2D eigenvalue weighted by Gasteiger charge is -2.39. The van der Waals surface area contributed by atoms with Crippen LogP contribution in [0.15, 0.2) is 4.79 Å². The van der Waals surface area contributed by atoms with Crippen LogP contribution in [0.2, 0.25) is 0 Å². The second kappa shape index (κ2) is 6.30. The van der Waals surface area contributed by atoms with E-state index in [1.54, 1.807) is 13.8 Å². The fourth-order valence-electron chi connectivity index (χ4n) is 3.13. The summed E-state index contributed by atoms with van der Waals surface area (Å²) in [4.78, 5) is 26.7. The summed E-state index contributed by atoms with van der Waals surface area (Å²) in [5, 5.41) is 13.3. The van der Waals surface area contributed by atoms with Gasteiger partial charge in [0.2, 0.25) is 5.91 Å². The van der Waals surface area contributed by atoms with Crippen molar-refractivity contribution in [1.29, 1.82) is 5.26 Å². The molecule has 0 aromatic carbocycles. The van der Waals surface area contributed by atoms with Crippen molar-refractivity contribution in [2.75, 3.05) is 0 Å². The summed E-state index contributed by atoms with van der Waals surface area (Å²) in [6.45, 7) is 7.39. The maximum Gasteiger partial charge on any atom is 0.285 e. The van der Waals surface area contributed by atoms with Crippen molar-refractivity contribution in [2.24, 2.45) is 0 Å². The summed E-state index contributed by atoms with van der Waals surface area (Å²) in [5.74, 6) is -0.110. The van der Waals surface area contributed by atoms with Crippen molar-refractivity contribution in [2.45, 2.75) is 65.6 Å².